The van der Waals surface area contributed by atoms with Crippen molar-refractivity contribution in [1.82, 2.24) is 4.98 Å². The van der Waals surface area contributed by atoms with E-state index in [0.717, 1.165) is 18.4 Å². The Morgan fingerprint density at radius 3 is 2.50 bits per heavy atom. The Morgan fingerprint density at radius 2 is 1.96 bits per heavy atom. The van der Waals surface area contributed by atoms with E-state index in [0.29, 0.717) is 21.9 Å². The smallest absolute Gasteiger partial charge is 0.489 e. The molecule has 3 rings (SSSR count). The van der Waals surface area contributed by atoms with Gasteiger partial charge < -0.3 is 14.6 Å². The number of ether oxygens (including phenoxy) is 2. The van der Waals surface area contributed by atoms with Gasteiger partial charge in [0.1, 0.15) is 29.2 Å². The van der Waals surface area contributed by atoms with Crippen molar-refractivity contribution in [2.45, 2.75) is 31.9 Å². The molecule has 0 radical (unpaired) electrons. The fourth-order valence-electron chi connectivity index (χ4n) is 2.30. The number of alkyl halides is 3. The molecule has 0 saturated heterocycles. The zero-order valence-electron chi connectivity index (χ0n) is 13.6. The summed E-state index contributed by atoms with van der Waals surface area (Å²) in [7, 11) is 0. The summed E-state index contributed by atoms with van der Waals surface area (Å²) in [6.45, 7) is 4.08. The van der Waals surface area contributed by atoms with E-state index < -0.39 is 12.5 Å². The number of nitrogens with zero attached hydrogens (tertiary/aromatic N) is 1. The van der Waals surface area contributed by atoms with Gasteiger partial charge in [-0.3, -0.25) is 0 Å². The van der Waals surface area contributed by atoms with Gasteiger partial charge >= 0.3 is 6.36 Å². The minimum Gasteiger partial charge on any atom is -0.489 e. The number of aliphatic hydroxyl groups is 1. The predicted molar refractivity (Wildman–Crippen MR) is 90.4 cm³/mol. The summed E-state index contributed by atoms with van der Waals surface area (Å²) in [4.78, 5) is 4.08. The number of rotatable bonds is 7. The highest BCUT2D eigenvalue weighted by molar-refractivity contribution is 7.09. The van der Waals surface area contributed by atoms with E-state index in [4.69, 9.17) is 4.74 Å². The van der Waals surface area contributed by atoms with Crippen LogP contribution in [0.5, 0.6) is 5.75 Å². The average molecular weight is 383 g/mol. The minimum absolute atomic E-state index is 0.148. The van der Waals surface area contributed by atoms with Crippen molar-refractivity contribution in [2.75, 3.05) is 0 Å². The second kappa shape index (κ2) is 7.51. The number of hydrogen-bond acceptors (Lipinski definition) is 5. The molecule has 4 nitrogen and oxygen atoms in total. The first kappa shape index (κ1) is 18.5. The monoisotopic (exact) mass is 383 g/mol. The number of halogens is 3. The fourth-order valence-corrected chi connectivity index (χ4v) is 2.95. The second-order valence-electron chi connectivity index (χ2n) is 5.71. The molecule has 0 spiro atoms. The van der Waals surface area contributed by atoms with Crippen molar-refractivity contribution in [3.8, 4) is 5.75 Å². The zero-order chi connectivity index (χ0) is 18.7. The molecular weight excluding hydrogens is 367 g/mol. The molecular formula is C18H16F3NO3S. The normalized spacial score (nSPS) is 14.7. The van der Waals surface area contributed by atoms with Crippen LogP contribution < -0.4 is 4.74 Å². The van der Waals surface area contributed by atoms with Gasteiger partial charge in [-0.05, 0) is 36.1 Å². The molecule has 0 aliphatic heterocycles. The molecule has 138 valence electrons. The topological polar surface area (TPSA) is 51.6 Å². The van der Waals surface area contributed by atoms with Crippen molar-refractivity contribution in [2.24, 2.45) is 0 Å². The molecule has 1 aromatic carbocycles. The third-order valence-corrected chi connectivity index (χ3v) is 4.50. The van der Waals surface area contributed by atoms with Gasteiger partial charge in [-0.2, -0.15) is 0 Å². The highest BCUT2D eigenvalue weighted by atomic mass is 32.1. The van der Waals surface area contributed by atoms with Gasteiger partial charge in [0.15, 0.2) is 0 Å². The lowest BCUT2D eigenvalue weighted by Gasteiger charge is -2.17. The van der Waals surface area contributed by atoms with Crippen molar-refractivity contribution >= 4 is 11.3 Å². The number of hydrogen-bond donors (Lipinski definition) is 1. The summed E-state index contributed by atoms with van der Waals surface area (Å²) >= 11 is 1.32. The molecule has 1 aromatic heterocycles. The van der Waals surface area contributed by atoms with Gasteiger partial charge in [-0.25, -0.2) is 4.98 Å². The van der Waals surface area contributed by atoms with Gasteiger partial charge in [0.25, 0.3) is 0 Å². The lowest BCUT2D eigenvalue weighted by atomic mass is 10.1. The number of allylic oxidation sites excluding steroid dienone is 1. The Hall–Kier alpha value is -2.32. The molecule has 1 aliphatic carbocycles. The molecule has 2 aromatic rings. The molecule has 1 aliphatic rings. The van der Waals surface area contributed by atoms with E-state index in [1.807, 2.05) is 0 Å². The van der Waals surface area contributed by atoms with Crippen LogP contribution in [0.3, 0.4) is 0 Å². The molecule has 1 heterocycles. The van der Waals surface area contributed by atoms with Crippen LogP contribution in [0.1, 0.15) is 29.5 Å². The van der Waals surface area contributed by atoms with E-state index >= 15 is 0 Å². The summed E-state index contributed by atoms with van der Waals surface area (Å²) in [6, 6.07) is 5.46. The zero-order valence-corrected chi connectivity index (χ0v) is 14.4. The predicted octanol–water partition coefficient (Wildman–Crippen LogP) is 4.90. The van der Waals surface area contributed by atoms with Crippen LogP contribution in [0.4, 0.5) is 13.2 Å². The molecule has 0 bridgehead atoms. The SMILES string of the molecule is C=C(C(OCc1ccc(OC(F)(F)F)cc1)=C1CC1)C(O)c1nccs1. The van der Waals surface area contributed by atoms with Crippen LogP contribution >= 0.6 is 11.3 Å². The van der Waals surface area contributed by atoms with Crippen LogP contribution in [0.2, 0.25) is 0 Å². The molecule has 8 heteroatoms. The first-order chi connectivity index (χ1) is 12.3. The maximum Gasteiger partial charge on any atom is 0.573 e. The average Bonchev–Trinajstić information content (AvgIpc) is 3.27. The van der Waals surface area contributed by atoms with Gasteiger partial charge in [0.05, 0.1) is 0 Å². The number of aliphatic hydroxyl groups excluding tert-OH is 1. The summed E-state index contributed by atoms with van der Waals surface area (Å²) in [6.07, 6.45) is -2.31. The third kappa shape index (κ3) is 4.86. The van der Waals surface area contributed by atoms with E-state index in [9.17, 15) is 18.3 Å². The standard InChI is InChI=1S/C18H16F3NO3S/c1-11(15(23)17-22-8-9-26-17)16(13-4-5-13)24-10-12-2-6-14(7-3-12)25-18(19,20)21/h2-3,6-9,15,23H,1,4-5,10H2. The van der Waals surface area contributed by atoms with E-state index in [2.05, 4.69) is 16.3 Å². The van der Waals surface area contributed by atoms with Crippen molar-refractivity contribution in [3.05, 3.63) is 69.9 Å². The van der Waals surface area contributed by atoms with Crippen molar-refractivity contribution in [1.29, 1.82) is 0 Å². The minimum atomic E-state index is -4.72. The number of aromatic nitrogens is 1. The van der Waals surface area contributed by atoms with Gasteiger partial charge in [-0.15, -0.1) is 24.5 Å². The van der Waals surface area contributed by atoms with Gasteiger partial charge in [-0.1, -0.05) is 18.7 Å². The Kier molecular flexibility index (Phi) is 5.33. The van der Waals surface area contributed by atoms with E-state index in [-0.39, 0.29) is 12.4 Å². The van der Waals surface area contributed by atoms with Crippen LogP contribution in [0.25, 0.3) is 0 Å². The highest BCUT2D eigenvalue weighted by Crippen LogP contribution is 2.39. The molecule has 1 N–H and O–H groups in total. The van der Waals surface area contributed by atoms with Gasteiger partial charge in [0, 0.05) is 17.2 Å². The Morgan fingerprint density at radius 1 is 1.27 bits per heavy atom. The highest BCUT2D eigenvalue weighted by Gasteiger charge is 2.31. The maximum atomic E-state index is 12.2. The van der Waals surface area contributed by atoms with Crippen LogP contribution in [-0.2, 0) is 11.3 Å². The lowest BCUT2D eigenvalue weighted by molar-refractivity contribution is -0.274. The number of benzene rings is 1. The summed E-state index contributed by atoms with van der Waals surface area (Å²) in [5.74, 6) is 0.258. The van der Waals surface area contributed by atoms with E-state index in [1.165, 1.54) is 35.6 Å². The number of thiazole rings is 1. The third-order valence-electron chi connectivity index (χ3n) is 3.67. The summed E-state index contributed by atoms with van der Waals surface area (Å²) < 4.78 is 46.2. The van der Waals surface area contributed by atoms with Gasteiger partial charge in [0.2, 0.25) is 0 Å². The second-order valence-corrected chi connectivity index (χ2v) is 6.64. The molecule has 26 heavy (non-hydrogen) atoms. The molecule has 1 unspecified atom stereocenters. The van der Waals surface area contributed by atoms with E-state index in [1.54, 1.807) is 11.6 Å². The van der Waals surface area contributed by atoms with Crippen LogP contribution in [0.15, 0.2) is 59.3 Å². The first-order valence-corrected chi connectivity index (χ1v) is 8.67. The largest absolute Gasteiger partial charge is 0.573 e. The molecule has 1 atom stereocenters. The van der Waals surface area contributed by atoms with Crippen molar-refractivity contribution < 1.29 is 27.8 Å². The summed E-state index contributed by atoms with van der Waals surface area (Å²) in [5, 5.41) is 12.7. The quantitative estimate of drug-likeness (QED) is 0.692. The van der Waals surface area contributed by atoms with Crippen LogP contribution in [0, 0.1) is 0 Å². The molecule has 1 saturated carbocycles. The summed E-state index contributed by atoms with van der Waals surface area (Å²) in [5.41, 5.74) is 2.17. The lowest BCUT2D eigenvalue weighted by Crippen LogP contribution is -2.17. The molecule has 1 fully saturated rings. The molecule has 0 amide bonds. The Bertz CT molecular complexity index is 792. The fraction of sp³-hybridized carbons (Fsp3) is 0.278. The Balaban J connectivity index is 1.63. The van der Waals surface area contributed by atoms with Crippen LogP contribution in [-0.4, -0.2) is 16.5 Å². The maximum absolute atomic E-state index is 12.2. The first-order valence-electron chi connectivity index (χ1n) is 7.79. The Labute approximate surface area is 152 Å². The van der Waals surface area contributed by atoms with Crippen molar-refractivity contribution in [3.63, 3.8) is 0 Å².